The summed E-state index contributed by atoms with van der Waals surface area (Å²) >= 11 is 3.54. The average molecular weight is 426 g/mol. The van der Waals surface area contributed by atoms with E-state index in [1.54, 1.807) is 6.20 Å². The summed E-state index contributed by atoms with van der Waals surface area (Å²) in [6.45, 7) is 0.589. The van der Waals surface area contributed by atoms with Crippen LogP contribution in [0.5, 0.6) is 5.75 Å². The third-order valence-electron chi connectivity index (χ3n) is 4.78. The standard InChI is InChI=1S/C21H20BrN3O2/c1-25(2)20-14-7-5-8-16(22)19(14)23-12-15(20)21(26)24-17-10-11-27-18-9-4-3-6-13(17)18/h3-9,12,17H,10-11H2,1-2H3,(H,24,26). The maximum absolute atomic E-state index is 13.1. The minimum atomic E-state index is -0.130. The Morgan fingerprint density at radius 1 is 1.22 bits per heavy atom. The van der Waals surface area contributed by atoms with Gasteiger partial charge in [0.25, 0.3) is 5.91 Å². The van der Waals surface area contributed by atoms with E-state index in [0.29, 0.717) is 12.2 Å². The van der Waals surface area contributed by atoms with E-state index in [-0.39, 0.29) is 11.9 Å². The van der Waals surface area contributed by atoms with Crippen molar-refractivity contribution in [3.05, 3.63) is 64.3 Å². The molecule has 0 spiro atoms. The van der Waals surface area contributed by atoms with Gasteiger partial charge in [0.15, 0.2) is 0 Å². The molecule has 138 valence electrons. The summed E-state index contributed by atoms with van der Waals surface area (Å²) in [4.78, 5) is 19.6. The largest absolute Gasteiger partial charge is 0.493 e. The highest BCUT2D eigenvalue weighted by Crippen LogP contribution is 2.34. The molecule has 2 heterocycles. The van der Waals surface area contributed by atoms with Crippen molar-refractivity contribution in [3.8, 4) is 5.75 Å². The first-order chi connectivity index (χ1) is 13.1. The van der Waals surface area contributed by atoms with E-state index in [9.17, 15) is 4.79 Å². The fourth-order valence-corrected chi connectivity index (χ4v) is 4.02. The predicted octanol–water partition coefficient (Wildman–Crippen LogP) is 4.32. The molecule has 1 aliphatic rings. The number of nitrogens with one attached hydrogen (secondary N) is 1. The van der Waals surface area contributed by atoms with Crippen LogP contribution in [0.1, 0.15) is 28.4 Å². The Bertz CT molecular complexity index is 1020. The second-order valence-corrected chi connectivity index (χ2v) is 7.61. The molecule has 27 heavy (non-hydrogen) atoms. The number of anilines is 1. The topological polar surface area (TPSA) is 54.5 Å². The van der Waals surface area contributed by atoms with Crippen LogP contribution < -0.4 is 15.0 Å². The van der Waals surface area contributed by atoms with Gasteiger partial charge >= 0.3 is 0 Å². The van der Waals surface area contributed by atoms with Gasteiger partial charge in [-0.15, -0.1) is 0 Å². The van der Waals surface area contributed by atoms with Crippen molar-refractivity contribution >= 4 is 38.4 Å². The molecule has 0 fully saturated rings. The number of nitrogens with zero attached hydrogens (tertiary/aromatic N) is 2. The zero-order valence-corrected chi connectivity index (χ0v) is 16.8. The lowest BCUT2D eigenvalue weighted by Crippen LogP contribution is -2.33. The number of aromatic nitrogens is 1. The van der Waals surface area contributed by atoms with E-state index in [0.717, 1.165) is 38.8 Å². The summed E-state index contributed by atoms with van der Waals surface area (Å²) in [5.41, 5.74) is 3.28. The Balaban J connectivity index is 1.73. The Morgan fingerprint density at radius 2 is 2.04 bits per heavy atom. The number of ether oxygens (including phenoxy) is 1. The first-order valence-electron chi connectivity index (χ1n) is 8.83. The Labute approximate surface area is 166 Å². The van der Waals surface area contributed by atoms with Crippen LogP contribution in [0, 0.1) is 0 Å². The average Bonchev–Trinajstić information content (AvgIpc) is 2.67. The molecule has 1 N–H and O–H groups in total. The number of rotatable bonds is 3. The molecule has 5 nitrogen and oxygen atoms in total. The van der Waals surface area contributed by atoms with Gasteiger partial charge in [0, 0.05) is 42.1 Å². The minimum absolute atomic E-state index is 0.0735. The number of hydrogen-bond acceptors (Lipinski definition) is 4. The molecule has 6 heteroatoms. The van der Waals surface area contributed by atoms with E-state index in [1.165, 1.54) is 0 Å². The number of amides is 1. The summed E-state index contributed by atoms with van der Waals surface area (Å²) < 4.78 is 6.61. The fraction of sp³-hybridized carbons (Fsp3) is 0.238. The third kappa shape index (κ3) is 3.25. The van der Waals surface area contributed by atoms with Crippen LogP contribution in [-0.4, -0.2) is 31.6 Å². The Morgan fingerprint density at radius 3 is 2.85 bits per heavy atom. The quantitative estimate of drug-likeness (QED) is 0.678. The molecule has 1 atom stereocenters. The number of hydrogen-bond donors (Lipinski definition) is 1. The molecule has 1 amide bonds. The van der Waals surface area contributed by atoms with Crippen molar-refractivity contribution in [1.82, 2.24) is 10.3 Å². The number of para-hydroxylation sites is 2. The molecule has 0 bridgehead atoms. The van der Waals surface area contributed by atoms with Crippen LogP contribution in [0.2, 0.25) is 0 Å². The molecule has 2 aromatic carbocycles. The van der Waals surface area contributed by atoms with Gasteiger partial charge in [0.05, 0.1) is 29.4 Å². The Kier molecular flexibility index (Phi) is 4.74. The van der Waals surface area contributed by atoms with Gasteiger partial charge in [-0.25, -0.2) is 0 Å². The van der Waals surface area contributed by atoms with E-state index in [4.69, 9.17) is 4.74 Å². The van der Waals surface area contributed by atoms with Crippen LogP contribution in [0.25, 0.3) is 10.9 Å². The van der Waals surface area contributed by atoms with Gasteiger partial charge in [0.1, 0.15) is 5.75 Å². The lowest BCUT2D eigenvalue weighted by molar-refractivity contribution is 0.0925. The first-order valence-corrected chi connectivity index (χ1v) is 9.62. The molecule has 1 unspecified atom stereocenters. The van der Waals surface area contributed by atoms with Crippen LogP contribution in [0.15, 0.2) is 53.1 Å². The third-order valence-corrected chi connectivity index (χ3v) is 5.42. The number of carbonyl (C=O) groups is 1. The SMILES string of the molecule is CN(C)c1c(C(=O)NC2CCOc3ccccc32)cnc2c(Br)cccc12. The molecule has 1 aliphatic heterocycles. The number of halogens is 1. The zero-order valence-electron chi connectivity index (χ0n) is 15.2. The fourth-order valence-electron chi connectivity index (χ4n) is 3.55. The van der Waals surface area contributed by atoms with Gasteiger partial charge in [0.2, 0.25) is 0 Å². The lowest BCUT2D eigenvalue weighted by atomic mass is 10.00. The molecular weight excluding hydrogens is 406 g/mol. The van der Waals surface area contributed by atoms with Crippen molar-refractivity contribution < 1.29 is 9.53 Å². The van der Waals surface area contributed by atoms with Gasteiger partial charge in [-0.2, -0.15) is 0 Å². The highest BCUT2D eigenvalue weighted by Gasteiger charge is 2.25. The van der Waals surface area contributed by atoms with Crippen LogP contribution in [-0.2, 0) is 0 Å². The first kappa shape index (κ1) is 17.8. The second kappa shape index (κ2) is 7.19. The van der Waals surface area contributed by atoms with Gasteiger partial charge in [-0.3, -0.25) is 9.78 Å². The monoisotopic (exact) mass is 425 g/mol. The smallest absolute Gasteiger partial charge is 0.255 e. The van der Waals surface area contributed by atoms with Crippen molar-refractivity contribution in [2.75, 3.05) is 25.6 Å². The van der Waals surface area contributed by atoms with Gasteiger partial charge in [-0.1, -0.05) is 30.3 Å². The highest BCUT2D eigenvalue weighted by molar-refractivity contribution is 9.10. The maximum Gasteiger partial charge on any atom is 0.255 e. The minimum Gasteiger partial charge on any atom is -0.493 e. The van der Waals surface area contributed by atoms with Gasteiger partial charge < -0.3 is 15.0 Å². The zero-order chi connectivity index (χ0) is 19.0. The summed E-state index contributed by atoms with van der Waals surface area (Å²) in [7, 11) is 3.88. The number of carbonyl (C=O) groups excluding carboxylic acids is 1. The van der Waals surface area contributed by atoms with Crippen molar-refractivity contribution in [1.29, 1.82) is 0 Å². The lowest BCUT2D eigenvalue weighted by Gasteiger charge is -2.27. The molecule has 0 aliphatic carbocycles. The van der Waals surface area contributed by atoms with E-state index in [1.807, 2.05) is 61.5 Å². The summed E-state index contributed by atoms with van der Waals surface area (Å²) in [5, 5.41) is 4.11. The number of fused-ring (bicyclic) bond motifs is 2. The van der Waals surface area contributed by atoms with Crippen LogP contribution in [0.3, 0.4) is 0 Å². The molecule has 1 aromatic heterocycles. The van der Waals surface area contributed by atoms with Crippen molar-refractivity contribution in [3.63, 3.8) is 0 Å². The predicted molar refractivity (Wildman–Crippen MR) is 111 cm³/mol. The van der Waals surface area contributed by atoms with E-state index in [2.05, 4.69) is 26.2 Å². The van der Waals surface area contributed by atoms with Crippen molar-refractivity contribution in [2.24, 2.45) is 0 Å². The second-order valence-electron chi connectivity index (χ2n) is 6.75. The normalized spacial score (nSPS) is 15.7. The van der Waals surface area contributed by atoms with Crippen LogP contribution in [0.4, 0.5) is 5.69 Å². The Hall–Kier alpha value is -2.60. The van der Waals surface area contributed by atoms with Crippen LogP contribution >= 0.6 is 15.9 Å². The molecule has 0 saturated heterocycles. The molecular formula is C21H20BrN3O2. The molecule has 3 aromatic rings. The summed E-state index contributed by atoms with van der Waals surface area (Å²) in [6.07, 6.45) is 2.40. The van der Waals surface area contributed by atoms with E-state index >= 15 is 0 Å². The number of benzene rings is 2. The molecule has 0 radical (unpaired) electrons. The highest BCUT2D eigenvalue weighted by atomic mass is 79.9. The molecule has 4 rings (SSSR count). The van der Waals surface area contributed by atoms with E-state index < -0.39 is 0 Å². The summed E-state index contributed by atoms with van der Waals surface area (Å²) in [5.74, 6) is 0.706. The van der Waals surface area contributed by atoms with Crippen molar-refractivity contribution in [2.45, 2.75) is 12.5 Å². The van der Waals surface area contributed by atoms with Gasteiger partial charge in [-0.05, 0) is 28.1 Å². The number of pyridine rings is 1. The summed E-state index contributed by atoms with van der Waals surface area (Å²) in [6, 6.07) is 13.7. The maximum atomic E-state index is 13.1. The molecule has 0 saturated carbocycles.